The average molecular weight is 439 g/mol. The van der Waals surface area contributed by atoms with E-state index in [-0.39, 0.29) is 5.41 Å². The molecular weight excluding hydrogens is 404 g/mol. The van der Waals surface area contributed by atoms with Gasteiger partial charge in [0.2, 0.25) is 0 Å². The summed E-state index contributed by atoms with van der Waals surface area (Å²) in [5.74, 6) is 0. The minimum absolute atomic E-state index is 0.0882. The number of ether oxygens (including phenoxy) is 2. The van der Waals surface area contributed by atoms with Crippen LogP contribution in [0.5, 0.6) is 0 Å². The molecule has 0 aliphatic heterocycles. The zero-order valence-corrected chi connectivity index (χ0v) is 20.1. The third kappa shape index (κ3) is 5.54. The molecule has 0 unspecified atom stereocenters. The molecule has 1 aliphatic rings. The Morgan fingerprint density at radius 2 is 1.36 bits per heavy atom. The van der Waals surface area contributed by atoms with E-state index >= 15 is 0 Å². The van der Waals surface area contributed by atoms with E-state index in [0.29, 0.717) is 26.4 Å². The summed E-state index contributed by atoms with van der Waals surface area (Å²) in [6.07, 6.45) is 1.84. The Bertz CT molecular complexity index is 1070. The number of allylic oxidation sites excluding steroid dienone is 1. The SMILES string of the molecule is CCOCC1(COCC)CC(=C=C(c2ccccc2)c2ccccc2)c2cc(C)ccc2C1. The second-order valence-electron chi connectivity index (χ2n) is 9.00. The lowest BCUT2D eigenvalue weighted by molar-refractivity contribution is -0.0154. The van der Waals surface area contributed by atoms with Crippen LogP contribution >= 0.6 is 0 Å². The lowest BCUT2D eigenvalue weighted by Crippen LogP contribution is -2.38. The fourth-order valence-corrected chi connectivity index (χ4v) is 4.73. The van der Waals surface area contributed by atoms with Crippen LogP contribution < -0.4 is 0 Å². The smallest absolute Gasteiger partial charge is 0.0551 e. The van der Waals surface area contributed by atoms with Crippen LogP contribution in [0.25, 0.3) is 11.1 Å². The van der Waals surface area contributed by atoms with Gasteiger partial charge in [0.05, 0.1) is 13.2 Å². The van der Waals surface area contributed by atoms with E-state index in [0.717, 1.165) is 18.4 Å². The molecular formula is C31H34O2. The number of rotatable bonds is 8. The molecule has 0 saturated carbocycles. The van der Waals surface area contributed by atoms with Crippen LogP contribution in [0.4, 0.5) is 0 Å². The molecule has 0 N–H and O–H groups in total. The summed E-state index contributed by atoms with van der Waals surface area (Å²) in [7, 11) is 0. The van der Waals surface area contributed by atoms with Gasteiger partial charge in [0.15, 0.2) is 0 Å². The summed E-state index contributed by atoms with van der Waals surface area (Å²) in [4.78, 5) is 0. The van der Waals surface area contributed by atoms with Crippen molar-refractivity contribution >= 4 is 11.1 Å². The van der Waals surface area contributed by atoms with E-state index in [1.54, 1.807) is 0 Å². The molecule has 1 aliphatic carbocycles. The van der Waals surface area contributed by atoms with Crippen LogP contribution in [-0.2, 0) is 15.9 Å². The van der Waals surface area contributed by atoms with E-state index in [2.05, 4.69) is 105 Å². The zero-order valence-electron chi connectivity index (χ0n) is 20.1. The second kappa shape index (κ2) is 10.8. The largest absolute Gasteiger partial charge is 0.381 e. The van der Waals surface area contributed by atoms with Gasteiger partial charge in [0.25, 0.3) is 0 Å². The highest BCUT2D eigenvalue weighted by atomic mass is 16.5. The summed E-state index contributed by atoms with van der Waals surface area (Å²) in [6.45, 7) is 9.09. The fourth-order valence-electron chi connectivity index (χ4n) is 4.73. The first-order chi connectivity index (χ1) is 16.1. The Labute approximate surface area is 198 Å². The lowest BCUT2D eigenvalue weighted by Gasteiger charge is -2.38. The number of hydrogen-bond donors (Lipinski definition) is 0. The summed E-state index contributed by atoms with van der Waals surface area (Å²) in [5.41, 5.74) is 12.5. The maximum absolute atomic E-state index is 6.01. The number of fused-ring (bicyclic) bond motifs is 1. The highest BCUT2D eigenvalue weighted by Crippen LogP contribution is 2.43. The van der Waals surface area contributed by atoms with Crippen LogP contribution in [0, 0.1) is 12.3 Å². The Kier molecular flexibility index (Phi) is 7.62. The maximum atomic E-state index is 6.01. The molecule has 0 spiro atoms. The Morgan fingerprint density at radius 3 is 1.91 bits per heavy atom. The molecule has 0 heterocycles. The minimum Gasteiger partial charge on any atom is -0.381 e. The Hall–Kier alpha value is -2.90. The molecule has 0 amide bonds. The molecule has 33 heavy (non-hydrogen) atoms. The number of aryl methyl sites for hydroxylation is 1. The predicted molar refractivity (Wildman–Crippen MR) is 137 cm³/mol. The highest BCUT2D eigenvalue weighted by Gasteiger charge is 2.37. The Morgan fingerprint density at radius 1 is 0.788 bits per heavy atom. The molecule has 0 aromatic heterocycles. The van der Waals surface area contributed by atoms with Gasteiger partial charge in [-0.2, -0.15) is 0 Å². The summed E-state index contributed by atoms with van der Waals surface area (Å²) in [6, 6.07) is 28.0. The zero-order chi connectivity index (χ0) is 23.1. The quantitative estimate of drug-likeness (QED) is 0.349. The topological polar surface area (TPSA) is 18.5 Å². The molecule has 0 bridgehead atoms. The molecule has 0 atom stereocenters. The summed E-state index contributed by atoms with van der Waals surface area (Å²) < 4.78 is 12.0. The van der Waals surface area contributed by atoms with Crippen molar-refractivity contribution in [2.45, 2.75) is 33.6 Å². The molecule has 4 rings (SSSR count). The standard InChI is InChI=1S/C31H34O2/c1-4-32-22-31(23-33-5-2)20-27-17-16-24(3)18-29(27)28(21-31)19-30(25-12-8-6-9-13-25)26-14-10-7-11-15-26/h6-18H,4-5,20-23H2,1-3H3. The predicted octanol–water partition coefficient (Wildman–Crippen LogP) is 7.11. The first-order valence-electron chi connectivity index (χ1n) is 12.0. The molecule has 0 saturated heterocycles. The number of benzene rings is 3. The van der Waals surface area contributed by atoms with Gasteiger partial charge < -0.3 is 9.47 Å². The van der Waals surface area contributed by atoms with Gasteiger partial charge in [0, 0.05) is 29.8 Å². The molecule has 0 radical (unpaired) electrons. The van der Waals surface area contributed by atoms with Gasteiger partial charge >= 0.3 is 0 Å². The van der Waals surface area contributed by atoms with E-state index in [4.69, 9.17) is 9.47 Å². The van der Waals surface area contributed by atoms with Crippen LogP contribution in [0.3, 0.4) is 0 Å². The third-order valence-corrected chi connectivity index (χ3v) is 6.33. The van der Waals surface area contributed by atoms with E-state index in [1.165, 1.54) is 33.4 Å². The fraction of sp³-hybridized carbons (Fsp3) is 0.323. The first kappa shape index (κ1) is 23.3. The van der Waals surface area contributed by atoms with Crippen molar-refractivity contribution in [3.8, 4) is 0 Å². The van der Waals surface area contributed by atoms with Crippen molar-refractivity contribution in [2.75, 3.05) is 26.4 Å². The average Bonchev–Trinajstić information content (AvgIpc) is 2.86. The summed E-state index contributed by atoms with van der Waals surface area (Å²) >= 11 is 0. The second-order valence-corrected chi connectivity index (χ2v) is 9.00. The van der Waals surface area contributed by atoms with Gasteiger partial charge in [-0.3, -0.25) is 0 Å². The maximum Gasteiger partial charge on any atom is 0.0551 e. The van der Waals surface area contributed by atoms with Gasteiger partial charge in [-0.15, -0.1) is 5.73 Å². The van der Waals surface area contributed by atoms with Crippen molar-refractivity contribution < 1.29 is 9.47 Å². The van der Waals surface area contributed by atoms with Gasteiger partial charge in [-0.1, -0.05) is 84.4 Å². The normalized spacial score (nSPS) is 14.5. The van der Waals surface area contributed by atoms with Crippen LogP contribution in [-0.4, -0.2) is 26.4 Å². The highest BCUT2D eigenvalue weighted by molar-refractivity contribution is 5.85. The first-order valence-corrected chi connectivity index (χ1v) is 12.0. The van der Waals surface area contributed by atoms with E-state index < -0.39 is 0 Å². The molecule has 2 heteroatoms. The van der Waals surface area contributed by atoms with Crippen molar-refractivity contribution in [1.82, 2.24) is 0 Å². The summed E-state index contributed by atoms with van der Waals surface area (Å²) in [5, 5.41) is 0. The molecule has 3 aromatic carbocycles. The van der Waals surface area contributed by atoms with Crippen molar-refractivity contribution in [2.24, 2.45) is 5.41 Å². The van der Waals surface area contributed by atoms with E-state index in [9.17, 15) is 0 Å². The van der Waals surface area contributed by atoms with Gasteiger partial charge in [-0.05, 0) is 55.9 Å². The van der Waals surface area contributed by atoms with Crippen LogP contribution in [0.15, 0.2) is 84.6 Å². The molecule has 0 fully saturated rings. The molecule has 170 valence electrons. The molecule has 2 nitrogen and oxygen atoms in total. The molecule has 3 aromatic rings. The van der Waals surface area contributed by atoms with Gasteiger partial charge in [0.1, 0.15) is 0 Å². The monoisotopic (exact) mass is 438 g/mol. The van der Waals surface area contributed by atoms with Crippen LogP contribution in [0.2, 0.25) is 0 Å². The van der Waals surface area contributed by atoms with Crippen molar-refractivity contribution in [3.63, 3.8) is 0 Å². The minimum atomic E-state index is -0.0882. The van der Waals surface area contributed by atoms with Crippen molar-refractivity contribution in [3.05, 3.63) is 112 Å². The number of hydrogen-bond acceptors (Lipinski definition) is 2. The van der Waals surface area contributed by atoms with E-state index in [1.807, 2.05) is 0 Å². The third-order valence-electron chi connectivity index (χ3n) is 6.33. The Balaban J connectivity index is 1.95. The lowest BCUT2D eigenvalue weighted by atomic mass is 9.70. The van der Waals surface area contributed by atoms with Crippen molar-refractivity contribution in [1.29, 1.82) is 0 Å². The van der Waals surface area contributed by atoms with Gasteiger partial charge in [-0.25, -0.2) is 0 Å². The van der Waals surface area contributed by atoms with Crippen LogP contribution in [0.1, 0.15) is 48.1 Å².